The molecule has 2 saturated heterocycles. The van der Waals surface area contributed by atoms with E-state index in [-0.39, 0.29) is 18.1 Å². The number of hydrogen-bond acceptors (Lipinski definition) is 3. The van der Waals surface area contributed by atoms with Crippen molar-refractivity contribution in [3.63, 3.8) is 0 Å². The molecule has 1 aromatic rings. The van der Waals surface area contributed by atoms with Crippen LogP contribution in [0.1, 0.15) is 44.2 Å². The van der Waals surface area contributed by atoms with E-state index >= 15 is 0 Å². The Labute approximate surface area is 161 Å². The van der Waals surface area contributed by atoms with Gasteiger partial charge in [-0.1, -0.05) is 30.7 Å². The van der Waals surface area contributed by atoms with Crippen molar-refractivity contribution in [3.8, 4) is 0 Å². The van der Waals surface area contributed by atoms with Gasteiger partial charge in [-0.2, -0.15) is 0 Å². The highest BCUT2D eigenvalue weighted by Crippen LogP contribution is 2.27. The van der Waals surface area contributed by atoms with Crippen molar-refractivity contribution >= 4 is 17.6 Å². The lowest BCUT2D eigenvalue weighted by Gasteiger charge is -2.37. The second-order valence-electron chi connectivity index (χ2n) is 7.53. The number of carbonyl (C=O) groups excluding carboxylic acids is 1. The summed E-state index contributed by atoms with van der Waals surface area (Å²) in [6.07, 6.45) is 4.19. The summed E-state index contributed by atoms with van der Waals surface area (Å²) in [5.41, 5.74) is 1.20. The number of urea groups is 1. The molecule has 2 aliphatic heterocycles. The van der Waals surface area contributed by atoms with Gasteiger partial charge in [-0.05, 0) is 62.4 Å². The van der Waals surface area contributed by atoms with Crippen molar-refractivity contribution in [1.29, 1.82) is 0 Å². The highest BCUT2D eigenvalue weighted by Gasteiger charge is 2.25. The van der Waals surface area contributed by atoms with E-state index in [1.54, 1.807) is 0 Å². The smallest absolute Gasteiger partial charge is 0.315 e. The average Bonchev–Trinajstić information content (AvgIpc) is 2.65. The highest BCUT2D eigenvalue weighted by molar-refractivity contribution is 6.30. The van der Waals surface area contributed by atoms with Gasteiger partial charge in [0.2, 0.25) is 0 Å². The Bertz CT molecular complexity index is 567. The van der Waals surface area contributed by atoms with Crippen LogP contribution in [0.3, 0.4) is 0 Å². The summed E-state index contributed by atoms with van der Waals surface area (Å²) >= 11 is 6.05. The Hall–Kier alpha value is -1.30. The molecule has 6 heteroatoms. The summed E-state index contributed by atoms with van der Waals surface area (Å²) in [7, 11) is 0. The third-order valence-electron chi connectivity index (χ3n) is 5.53. The Morgan fingerprint density at radius 2 is 1.85 bits per heavy atom. The van der Waals surface area contributed by atoms with Crippen LogP contribution in [0.25, 0.3) is 0 Å². The molecule has 1 atom stereocenters. The minimum atomic E-state index is -0.0822. The molecule has 0 aliphatic carbocycles. The van der Waals surface area contributed by atoms with Gasteiger partial charge in [-0.3, -0.25) is 4.90 Å². The Morgan fingerprint density at radius 1 is 1.19 bits per heavy atom. The molecule has 0 spiro atoms. The molecule has 2 amide bonds. The summed E-state index contributed by atoms with van der Waals surface area (Å²) in [4.78, 5) is 14.8. The molecular formula is C20H30ClN3O2. The van der Waals surface area contributed by atoms with E-state index in [0.29, 0.717) is 6.54 Å². The van der Waals surface area contributed by atoms with E-state index in [0.717, 1.165) is 50.1 Å². The fourth-order valence-electron chi connectivity index (χ4n) is 3.75. The first kappa shape index (κ1) is 19.5. The topological polar surface area (TPSA) is 53.6 Å². The summed E-state index contributed by atoms with van der Waals surface area (Å²) in [5.74, 6) is 0.780. The van der Waals surface area contributed by atoms with Gasteiger partial charge in [-0.25, -0.2) is 4.79 Å². The van der Waals surface area contributed by atoms with Crippen LogP contribution in [0.15, 0.2) is 24.3 Å². The van der Waals surface area contributed by atoms with Gasteiger partial charge in [0.05, 0.1) is 6.04 Å². The predicted molar refractivity (Wildman–Crippen MR) is 105 cm³/mol. The molecular weight excluding hydrogens is 350 g/mol. The quantitative estimate of drug-likeness (QED) is 0.822. The first-order chi connectivity index (χ1) is 12.6. The van der Waals surface area contributed by atoms with Crippen LogP contribution < -0.4 is 10.6 Å². The van der Waals surface area contributed by atoms with Gasteiger partial charge >= 0.3 is 6.03 Å². The van der Waals surface area contributed by atoms with Gasteiger partial charge in [0.1, 0.15) is 0 Å². The second kappa shape index (κ2) is 9.58. The van der Waals surface area contributed by atoms with E-state index in [9.17, 15) is 4.79 Å². The number of likely N-dealkylation sites (tertiary alicyclic amines) is 1. The average molecular weight is 380 g/mol. The molecule has 2 fully saturated rings. The minimum absolute atomic E-state index is 0.0822. The van der Waals surface area contributed by atoms with Crippen molar-refractivity contribution in [1.82, 2.24) is 15.5 Å². The number of amides is 2. The fourth-order valence-corrected chi connectivity index (χ4v) is 3.88. The number of hydrogen-bond donors (Lipinski definition) is 2. The highest BCUT2D eigenvalue weighted by atomic mass is 35.5. The van der Waals surface area contributed by atoms with Crippen LogP contribution >= 0.6 is 11.6 Å². The molecule has 2 aliphatic rings. The van der Waals surface area contributed by atoms with E-state index in [1.165, 1.54) is 18.4 Å². The van der Waals surface area contributed by atoms with E-state index in [2.05, 4.69) is 34.6 Å². The number of halogens is 1. The maximum absolute atomic E-state index is 12.3. The first-order valence-corrected chi connectivity index (χ1v) is 10.1. The van der Waals surface area contributed by atoms with Crippen LogP contribution in [0.2, 0.25) is 5.02 Å². The molecule has 0 aromatic heterocycles. The number of carbonyl (C=O) groups is 1. The van der Waals surface area contributed by atoms with E-state index in [1.807, 2.05) is 12.1 Å². The molecule has 1 unspecified atom stereocenters. The lowest BCUT2D eigenvalue weighted by molar-refractivity contribution is 0.0798. The maximum atomic E-state index is 12.3. The lowest BCUT2D eigenvalue weighted by atomic mass is 9.95. The van der Waals surface area contributed by atoms with Crippen molar-refractivity contribution in [2.45, 2.75) is 44.7 Å². The third kappa shape index (κ3) is 5.60. The molecule has 0 radical (unpaired) electrons. The summed E-state index contributed by atoms with van der Waals surface area (Å²) in [6.45, 7) is 6.50. The molecule has 2 N–H and O–H groups in total. The number of ether oxygens (including phenoxy) is 1. The predicted octanol–water partition coefficient (Wildman–Crippen LogP) is 3.59. The summed E-state index contributed by atoms with van der Waals surface area (Å²) in [5, 5.41) is 6.90. The maximum Gasteiger partial charge on any atom is 0.315 e. The summed E-state index contributed by atoms with van der Waals surface area (Å²) < 4.78 is 5.35. The van der Waals surface area contributed by atoms with Crippen molar-refractivity contribution in [3.05, 3.63) is 34.9 Å². The second-order valence-corrected chi connectivity index (χ2v) is 7.96. The van der Waals surface area contributed by atoms with Crippen molar-refractivity contribution < 1.29 is 9.53 Å². The SMILES string of the molecule is CC1CCN(C(CNC(=O)NC2CCOCC2)c2ccc(Cl)cc2)CC1. The number of benzene rings is 1. The molecule has 26 heavy (non-hydrogen) atoms. The fraction of sp³-hybridized carbons (Fsp3) is 0.650. The zero-order chi connectivity index (χ0) is 18.4. The Balaban J connectivity index is 1.59. The van der Waals surface area contributed by atoms with Gasteiger partial charge in [0.15, 0.2) is 0 Å². The van der Waals surface area contributed by atoms with Gasteiger partial charge < -0.3 is 15.4 Å². The van der Waals surface area contributed by atoms with Crippen molar-refractivity contribution in [2.75, 3.05) is 32.8 Å². The van der Waals surface area contributed by atoms with E-state index < -0.39 is 0 Å². The molecule has 5 nitrogen and oxygen atoms in total. The largest absolute Gasteiger partial charge is 0.381 e. The molecule has 144 valence electrons. The van der Waals surface area contributed by atoms with Gasteiger partial charge in [0.25, 0.3) is 0 Å². The van der Waals surface area contributed by atoms with Gasteiger partial charge in [-0.15, -0.1) is 0 Å². The zero-order valence-corrected chi connectivity index (χ0v) is 16.3. The molecule has 0 saturated carbocycles. The monoisotopic (exact) mass is 379 g/mol. The number of piperidine rings is 1. The van der Waals surface area contributed by atoms with Crippen LogP contribution in [0, 0.1) is 5.92 Å². The standard InChI is InChI=1S/C20H30ClN3O2/c1-15-6-10-24(11-7-15)19(16-2-4-17(21)5-3-16)14-22-20(25)23-18-8-12-26-13-9-18/h2-5,15,18-19H,6-14H2,1H3,(H2,22,23,25). The lowest BCUT2D eigenvalue weighted by Crippen LogP contribution is -2.48. The number of nitrogens with one attached hydrogen (secondary N) is 2. The van der Waals surface area contributed by atoms with Crippen LogP contribution in [0.5, 0.6) is 0 Å². The van der Waals surface area contributed by atoms with Gasteiger partial charge in [0, 0.05) is 30.8 Å². The van der Waals surface area contributed by atoms with Crippen LogP contribution in [-0.2, 0) is 4.74 Å². The molecule has 3 rings (SSSR count). The third-order valence-corrected chi connectivity index (χ3v) is 5.78. The first-order valence-electron chi connectivity index (χ1n) is 9.73. The molecule has 0 bridgehead atoms. The number of rotatable bonds is 5. The Morgan fingerprint density at radius 3 is 2.50 bits per heavy atom. The molecule has 2 heterocycles. The number of nitrogens with zero attached hydrogens (tertiary/aromatic N) is 1. The normalized spacial score (nSPS) is 21.3. The van der Waals surface area contributed by atoms with Crippen LogP contribution in [-0.4, -0.2) is 49.8 Å². The Kier molecular flexibility index (Phi) is 7.17. The zero-order valence-electron chi connectivity index (χ0n) is 15.5. The minimum Gasteiger partial charge on any atom is -0.381 e. The molecule has 1 aromatic carbocycles. The summed E-state index contributed by atoms with van der Waals surface area (Å²) in [6, 6.07) is 8.32. The van der Waals surface area contributed by atoms with Crippen LogP contribution in [0.4, 0.5) is 4.79 Å². The van der Waals surface area contributed by atoms with E-state index in [4.69, 9.17) is 16.3 Å². The van der Waals surface area contributed by atoms with Crippen molar-refractivity contribution in [2.24, 2.45) is 5.92 Å².